The molecular weight excluding hydrogens is 552 g/mol. The van der Waals surface area contributed by atoms with Crippen LogP contribution in [0.3, 0.4) is 0 Å². The first-order valence-electron chi connectivity index (χ1n) is 17.1. The lowest BCUT2D eigenvalue weighted by molar-refractivity contribution is -0.116. The average molecular weight is 605 g/mol. The van der Waals surface area contributed by atoms with Crippen molar-refractivity contribution in [2.75, 3.05) is 21.3 Å². The molecule has 0 aliphatic rings. The molecular formula is C40H52N4O. The van der Waals surface area contributed by atoms with Crippen LogP contribution in [-0.4, -0.2) is 5.91 Å². The van der Waals surface area contributed by atoms with Gasteiger partial charge in [0.05, 0.1) is 0 Å². The minimum atomic E-state index is 0.101. The van der Waals surface area contributed by atoms with Crippen molar-refractivity contribution in [2.45, 2.75) is 96.8 Å². The van der Waals surface area contributed by atoms with Crippen LogP contribution in [0.2, 0.25) is 0 Å². The van der Waals surface area contributed by atoms with Crippen molar-refractivity contribution in [1.29, 1.82) is 0 Å². The summed E-state index contributed by atoms with van der Waals surface area (Å²) in [6, 6.07) is 34.6. The van der Waals surface area contributed by atoms with Crippen LogP contribution in [0.5, 0.6) is 0 Å². The number of anilines is 7. The molecule has 4 aromatic carbocycles. The van der Waals surface area contributed by atoms with E-state index in [9.17, 15) is 4.79 Å². The van der Waals surface area contributed by atoms with E-state index in [0.717, 1.165) is 52.7 Å². The van der Waals surface area contributed by atoms with Crippen LogP contribution in [0.25, 0.3) is 0 Å². The summed E-state index contributed by atoms with van der Waals surface area (Å²) in [5.74, 6) is 0.101. The maximum absolute atomic E-state index is 12.4. The molecule has 5 heteroatoms. The standard InChI is InChI=1S/C40H52N4O/c1-2-3-4-5-6-7-8-9-10-11-12-13-17-20-40(45)44-39-31-29-38(30-32-39)43-37-27-25-36(26-28-37)42-35-23-21-34(22-24-35)41-33-18-15-14-16-19-33/h14-16,18-19,21-32,41-43H,2-13,17,20H2,1H3,(H,44,45). The molecule has 0 unspecified atom stereocenters. The quantitative estimate of drug-likeness (QED) is 0.0714. The summed E-state index contributed by atoms with van der Waals surface area (Å²) in [7, 11) is 0. The minimum absolute atomic E-state index is 0.101. The molecule has 0 atom stereocenters. The highest BCUT2D eigenvalue weighted by Crippen LogP contribution is 2.25. The number of amides is 1. The van der Waals surface area contributed by atoms with Crippen LogP contribution in [-0.2, 0) is 4.79 Å². The molecule has 0 bridgehead atoms. The molecule has 0 fully saturated rings. The van der Waals surface area contributed by atoms with Crippen LogP contribution in [0.4, 0.5) is 39.8 Å². The Morgan fingerprint density at radius 2 is 0.711 bits per heavy atom. The van der Waals surface area contributed by atoms with Gasteiger partial charge >= 0.3 is 0 Å². The Balaban J connectivity index is 1.07. The number of carbonyl (C=O) groups excluding carboxylic acids is 1. The molecule has 4 aromatic rings. The van der Waals surface area contributed by atoms with E-state index < -0.39 is 0 Å². The lowest BCUT2D eigenvalue weighted by Crippen LogP contribution is -2.10. The van der Waals surface area contributed by atoms with E-state index in [1.54, 1.807) is 0 Å². The van der Waals surface area contributed by atoms with Crippen molar-refractivity contribution >= 4 is 45.7 Å². The fourth-order valence-corrected chi connectivity index (χ4v) is 5.46. The monoisotopic (exact) mass is 604 g/mol. The summed E-state index contributed by atoms with van der Waals surface area (Å²) < 4.78 is 0. The predicted octanol–water partition coefficient (Wildman–Crippen LogP) is 12.3. The zero-order valence-electron chi connectivity index (χ0n) is 27.1. The van der Waals surface area contributed by atoms with Crippen molar-refractivity contribution in [2.24, 2.45) is 0 Å². The van der Waals surface area contributed by atoms with Crippen molar-refractivity contribution in [1.82, 2.24) is 0 Å². The third-order valence-electron chi connectivity index (χ3n) is 8.09. The van der Waals surface area contributed by atoms with Gasteiger partial charge in [-0.15, -0.1) is 0 Å². The molecule has 45 heavy (non-hydrogen) atoms. The van der Waals surface area contributed by atoms with Gasteiger partial charge < -0.3 is 21.3 Å². The molecule has 0 aliphatic heterocycles. The topological polar surface area (TPSA) is 65.2 Å². The highest BCUT2D eigenvalue weighted by Gasteiger charge is 2.04. The number of nitrogens with one attached hydrogen (secondary N) is 4. The lowest BCUT2D eigenvalue weighted by Gasteiger charge is -2.11. The molecule has 5 nitrogen and oxygen atoms in total. The second-order valence-electron chi connectivity index (χ2n) is 12.0. The zero-order chi connectivity index (χ0) is 31.4. The molecule has 0 radical (unpaired) electrons. The first-order valence-corrected chi connectivity index (χ1v) is 17.1. The summed E-state index contributed by atoms with van der Waals surface area (Å²) in [5, 5.41) is 13.3. The third kappa shape index (κ3) is 13.5. The van der Waals surface area contributed by atoms with Crippen LogP contribution >= 0.6 is 0 Å². The fourth-order valence-electron chi connectivity index (χ4n) is 5.46. The van der Waals surface area contributed by atoms with E-state index >= 15 is 0 Å². The average Bonchev–Trinajstić information content (AvgIpc) is 3.06. The Labute approximate surface area is 271 Å². The molecule has 0 saturated carbocycles. The van der Waals surface area contributed by atoms with Crippen molar-refractivity contribution < 1.29 is 4.79 Å². The number of unbranched alkanes of at least 4 members (excludes halogenated alkanes) is 12. The van der Waals surface area contributed by atoms with Gasteiger partial charge in [-0.3, -0.25) is 4.79 Å². The number of hydrogen-bond acceptors (Lipinski definition) is 4. The molecule has 238 valence electrons. The van der Waals surface area contributed by atoms with Gasteiger partial charge in [-0.2, -0.15) is 0 Å². The van der Waals surface area contributed by atoms with Gasteiger partial charge in [0, 0.05) is 46.2 Å². The number of para-hydroxylation sites is 1. The number of benzene rings is 4. The molecule has 4 rings (SSSR count). The second-order valence-corrected chi connectivity index (χ2v) is 12.0. The van der Waals surface area contributed by atoms with Crippen molar-refractivity contribution in [3.05, 3.63) is 103 Å². The number of carbonyl (C=O) groups is 1. The van der Waals surface area contributed by atoms with E-state index in [1.165, 1.54) is 70.6 Å². The second kappa shape index (κ2) is 19.9. The lowest BCUT2D eigenvalue weighted by atomic mass is 10.0. The highest BCUT2D eigenvalue weighted by atomic mass is 16.1. The van der Waals surface area contributed by atoms with E-state index in [-0.39, 0.29) is 5.91 Å². The SMILES string of the molecule is CCCCCCCCCCCCCCCC(=O)Nc1ccc(Nc2ccc(Nc3ccc(Nc4ccccc4)cc3)cc2)cc1. The summed E-state index contributed by atoms with van der Waals surface area (Å²) in [6.07, 6.45) is 17.7. The van der Waals surface area contributed by atoms with Crippen molar-refractivity contribution in [3.63, 3.8) is 0 Å². The summed E-state index contributed by atoms with van der Waals surface area (Å²) in [6.45, 7) is 2.27. The summed E-state index contributed by atoms with van der Waals surface area (Å²) >= 11 is 0. The van der Waals surface area contributed by atoms with Gasteiger partial charge in [-0.25, -0.2) is 0 Å². The van der Waals surface area contributed by atoms with E-state index in [2.05, 4.69) is 88.9 Å². The molecule has 0 heterocycles. The van der Waals surface area contributed by atoms with E-state index in [4.69, 9.17) is 0 Å². The van der Waals surface area contributed by atoms with Gasteiger partial charge in [-0.1, -0.05) is 102 Å². The summed E-state index contributed by atoms with van der Waals surface area (Å²) in [4.78, 5) is 12.4. The Morgan fingerprint density at radius 1 is 0.400 bits per heavy atom. The van der Waals surface area contributed by atoms with Gasteiger partial charge in [-0.05, 0) is 91.3 Å². The normalized spacial score (nSPS) is 10.8. The highest BCUT2D eigenvalue weighted by molar-refractivity contribution is 5.90. The maximum Gasteiger partial charge on any atom is 0.224 e. The number of hydrogen-bond donors (Lipinski definition) is 4. The fraction of sp³-hybridized carbons (Fsp3) is 0.375. The molecule has 0 aromatic heterocycles. The molecule has 0 spiro atoms. The van der Waals surface area contributed by atoms with E-state index in [0.29, 0.717) is 6.42 Å². The Kier molecular flexibility index (Phi) is 14.9. The third-order valence-corrected chi connectivity index (χ3v) is 8.09. The molecule has 0 saturated heterocycles. The Hall–Kier alpha value is -4.25. The van der Waals surface area contributed by atoms with Crippen LogP contribution in [0.15, 0.2) is 103 Å². The van der Waals surface area contributed by atoms with Crippen LogP contribution in [0, 0.1) is 0 Å². The minimum Gasteiger partial charge on any atom is -0.356 e. The first-order chi connectivity index (χ1) is 22.2. The van der Waals surface area contributed by atoms with Gasteiger partial charge in [0.2, 0.25) is 5.91 Å². The first kappa shape index (κ1) is 33.6. The van der Waals surface area contributed by atoms with Gasteiger partial charge in [0.1, 0.15) is 0 Å². The Bertz CT molecular complexity index is 1350. The van der Waals surface area contributed by atoms with Crippen LogP contribution < -0.4 is 21.3 Å². The molecule has 1 amide bonds. The largest absolute Gasteiger partial charge is 0.356 e. The summed E-state index contributed by atoms with van der Waals surface area (Å²) in [5.41, 5.74) is 6.98. The Morgan fingerprint density at radius 3 is 1.09 bits per heavy atom. The van der Waals surface area contributed by atoms with Crippen LogP contribution in [0.1, 0.15) is 96.8 Å². The predicted molar refractivity (Wildman–Crippen MR) is 195 cm³/mol. The smallest absolute Gasteiger partial charge is 0.224 e. The molecule has 0 aliphatic carbocycles. The number of rotatable bonds is 21. The maximum atomic E-state index is 12.4. The van der Waals surface area contributed by atoms with Gasteiger partial charge in [0.25, 0.3) is 0 Å². The van der Waals surface area contributed by atoms with Gasteiger partial charge in [0.15, 0.2) is 0 Å². The van der Waals surface area contributed by atoms with E-state index in [1.807, 2.05) is 42.5 Å². The molecule has 4 N–H and O–H groups in total. The van der Waals surface area contributed by atoms with Crippen molar-refractivity contribution in [3.8, 4) is 0 Å². The zero-order valence-corrected chi connectivity index (χ0v) is 27.1.